The maximum atomic E-state index is 8.57. The summed E-state index contributed by atoms with van der Waals surface area (Å²) in [7, 11) is 1.89. The van der Waals surface area contributed by atoms with Gasteiger partial charge in [-0.2, -0.15) is 5.26 Å². The SMILES string of the molecule is CC(CC#N)N(C)c1ncccc1N. The summed E-state index contributed by atoms with van der Waals surface area (Å²) in [6.45, 7) is 1.97. The lowest BCUT2D eigenvalue weighted by atomic mass is 10.2. The molecule has 74 valence electrons. The minimum Gasteiger partial charge on any atom is -0.396 e. The lowest BCUT2D eigenvalue weighted by Gasteiger charge is -2.24. The molecule has 0 aliphatic heterocycles. The summed E-state index contributed by atoms with van der Waals surface area (Å²) in [5.74, 6) is 0.732. The van der Waals surface area contributed by atoms with Gasteiger partial charge in [-0.15, -0.1) is 0 Å². The third kappa shape index (κ3) is 2.13. The van der Waals surface area contributed by atoms with Crippen molar-refractivity contribution in [3.63, 3.8) is 0 Å². The topological polar surface area (TPSA) is 65.9 Å². The van der Waals surface area contributed by atoms with Crippen LogP contribution in [0.3, 0.4) is 0 Å². The van der Waals surface area contributed by atoms with Crippen molar-refractivity contribution in [1.82, 2.24) is 4.98 Å². The van der Waals surface area contributed by atoms with Crippen LogP contribution < -0.4 is 10.6 Å². The Bertz CT molecular complexity index is 342. The van der Waals surface area contributed by atoms with E-state index in [1.165, 1.54) is 0 Å². The van der Waals surface area contributed by atoms with Gasteiger partial charge in [0.2, 0.25) is 0 Å². The third-order valence-corrected chi connectivity index (χ3v) is 2.20. The summed E-state index contributed by atoms with van der Waals surface area (Å²) in [6.07, 6.45) is 2.16. The molecule has 1 aromatic heterocycles. The lowest BCUT2D eigenvalue weighted by molar-refractivity contribution is 0.695. The van der Waals surface area contributed by atoms with Gasteiger partial charge in [0.25, 0.3) is 0 Å². The minimum absolute atomic E-state index is 0.122. The van der Waals surface area contributed by atoms with Crippen LogP contribution in [0.15, 0.2) is 18.3 Å². The molecule has 4 nitrogen and oxygen atoms in total. The average Bonchev–Trinajstić information content (AvgIpc) is 2.18. The first kappa shape index (κ1) is 10.3. The van der Waals surface area contributed by atoms with Crippen LogP contribution >= 0.6 is 0 Å². The number of hydrogen-bond donors (Lipinski definition) is 1. The summed E-state index contributed by atoms with van der Waals surface area (Å²) in [4.78, 5) is 6.09. The Morgan fingerprint density at radius 1 is 1.71 bits per heavy atom. The van der Waals surface area contributed by atoms with Crippen LogP contribution in [-0.2, 0) is 0 Å². The molecule has 1 aromatic rings. The van der Waals surface area contributed by atoms with E-state index in [4.69, 9.17) is 11.0 Å². The number of aromatic nitrogens is 1. The Kier molecular flexibility index (Phi) is 3.29. The van der Waals surface area contributed by atoms with Gasteiger partial charge in [0, 0.05) is 19.3 Å². The first-order valence-electron chi connectivity index (χ1n) is 4.47. The first-order chi connectivity index (χ1) is 6.66. The first-order valence-corrected chi connectivity index (χ1v) is 4.47. The maximum absolute atomic E-state index is 8.57. The van der Waals surface area contributed by atoms with E-state index in [-0.39, 0.29) is 6.04 Å². The molecule has 1 atom stereocenters. The van der Waals surface area contributed by atoms with Gasteiger partial charge in [0.15, 0.2) is 5.82 Å². The highest BCUT2D eigenvalue weighted by Crippen LogP contribution is 2.20. The van der Waals surface area contributed by atoms with Crippen LogP contribution in [0.2, 0.25) is 0 Å². The molecule has 2 N–H and O–H groups in total. The molecule has 0 amide bonds. The number of hydrogen-bond acceptors (Lipinski definition) is 4. The highest BCUT2D eigenvalue weighted by Gasteiger charge is 2.12. The molecule has 0 aromatic carbocycles. The fourth-order valence-electron chi connectivity index (χ4n) is 1.18. The van der Waals surface area contributed by atoms with Crippen molar-refractivity contribution in [2.45, 2.75) is 19.4 Å². The van der Waals surface area contributed by atoms with E-state index in [9.17, 15) is 0 Å². The monoisotopic (exact) mass is 190 g/mol. The van der Waals surface area contributed by atoms with Crippen LogP contribution in [0.25, 0.3) is 0 Å². The molecule has 14 heavy (non-hydrogen) atoms. The van der Waals surface area contributed by atoms with Crippen LogP contribution in [-0.4, -0.2) is 18.1 Å². The van der Waals surface area contributed by atoms with Crippen molar-refractivity contribution in [2.75, 3.05) is 17.7 Å². The van der Waals surface area contributed by atoms with Crippen LogP contribution in [0.1, 0.15) is 13.3 Å². The second kappa shape index (κ2) is 4.47. The van der Waals surface area contributed by atoms with E-state index in [2.05, 4.69) is 11.1 Å². The predicted molar refractivity (Wildman–Crippen MR) is 56.7 cm³/mol. The van der Waals surface area contributed by atoms with Gasteiger partial charge < -0.3 is 10.6 Å². The molecular formula is C10H14N4. The zero-order valence-corrected chi connectivity index (χ0v) is 8.44. The number of nitrogen functional groups attached to an aromatic ring is 1. The van der Waals surface area contributed by atoms with Gasteiger partial charge in [0.05, 0.1) is 18.2 Å². The van der Waals surface area contributed by atoms with E-state index in [1.807, 2.05) is 18.9 Å². The Hall–Kier alpha value is -1.76. The van der Waals surface area contributed by atoms with E-state index >= 15 is 0 Å². The number of anilines is 2. The number of rotatable bonds is 3. The number of nitrogens with zero attached hydrogens (tertiary/aromatic N) is 3. The smallest absolute Gasteiger partial charge is 0.151 e. The fourth-order valence-corrected chi connectivity index (χ4v) is 1.18. The van der Waals surface area contributed by atoms with E-state index in [0.717, 1.165) is 5.82 Å². The maximum Gasteiger partial charge on any atom is 0.151 e. The largest absolute Gasteiger partial charge is 0.396 e. The summed E-state index contributed by atoms with van der Waals surface area (Å²) >= 11 is 0. The van der Waals surface area contributed by atoms with Crippen LogP contribution in [0, 0.1) is 11.3 Å². The van der Waals surface area contributed by atoms with Crippen molar-refractivity contribution >= 4 is 11.5 Å². The van der Waals surface area contributed by atoms with Crippen molar-refractivity contribution in [3.8, 4) is 6.07 Å². The predicted octanol–water partition coefficient (Wildman–Crippen LogP) is 1.40. The zero-order valence-electron chi connectivity index (χ0n) is 8.44. The second-order valence-electron chi connectivity index (χ2n) is 3.24. The summed E-state index contributed by atoms with van der Waals surface area (Å²) in [5.41, 5.74) is 6.41. The van der Waals surface area contributed by atoms with Gasteiger partial charge in [-0.05, 0) is 19.1 Å². The second-order valence-corrected chi connectivity index (χ2v) is 3.24. The molecule has 0 fully saturated rings. The average molecular weight is 190 g/mol. The molecule has 1 rings (SSSR count). The van der Waals surface area contributed by atoms with Gasteiger partial charge in [0.1, 0.15) is 0 Å². The van der Waals surface area contributed by atoms with Crippen molar-refractivity contribution in [3.05, 3.63) is 18.3 Å². The van der Waals surface area contributed by atoms with E-state index < -0.39 is 0 Å². The van der Waals surface area contributed by atoms with Crippen molar-refractivity contribution < 1.29 is 0 Å². The van der Waals surface area contributed by atoms with E-state index in [0.29, 0.717) is 12.1 Å². The Labute approximate surface area is 84.0 Å². The minimum atomic E-state index is 0.122. The van der Waals surface area contributed by atoms with Gasteiger partial charge >= 0.3 is 0 Å². The molecule has 1 unspecified atom stereocenters. The zero-order chi connectivity index (χ0) is 10.6. The fraction of sp³-hybridized carbons (Fsp3) is 0.400. The highest BCUT2D eigenvalue weighted by atomic mass is 15.2. The molecule has 1 heterocycles. The quantitative estimate of drug-likeness (QED) is 0.782. The molecule has 0 saturated carbocycles. The molecule has 0 bridgehead atoms. The number of nitriles is 1. The van der Waals surface area contributed by atoms with Crippen LogP contribution in [0.5, 0.6) is 0 Å². The number of pyridine rings is 1. The molecule has 0 saturated heterocycles. The van der Waals surface area contributed by atoms with Gasteiger partial charge in [-0.25, -0.2) is 4.98 Å². The standard InChI is InChI=1S/C10H14N4/c1-8(5-6-11)14(2)10-9(12)4-3-7-13-10/h3-4,7-8H,5,12H2,1-2H3. The van der Waals surface area contributed by atoms with Gasteiger partial charge in [-0.1, -0.05) is 0 Å². The van der Waals surface area contributed by atoms with Crippen molar-refractivity contribution in [2.24, 2.45) is 0 Å². The lowest BCUT2D eigenvalue weighted by Crippen LogP contribution is -2.29. The van der Waals surface area contributed by atoms with Gasteiger partial charge in [-0.3, -0.25) is 0 Å². The molecular weight excluding hydrogens is 176 g/mol. The molecule has 0 spiro atoms. The normalized spacial score (nSPS) is 11.8. The van der Waals surface area contributed by atoms with Crippen LogP contribution in [0.4, 0.5) is 11.5 Å². The Balaban J connectivity index is 2.84. The molecule has 0 aliphatic carbocycles. The molecule has 0 radical (unpaired) electrons. The third-order valence-electron chi connectivity index (χ3n) is 2.20. The Morgan fingerprint density at radius 3 is 3.00 bits per heavy atom. The summed E-state index contributed by atoms with van der Waals surface area (Å²) in [6, 6.07) is 5.85. The number of nitrogens with two attached hydrogens (primary N) is 1. The highest BCUT2D eigenvalue weighted by molar-refractivity contribution is 5.62. The summed E-state index contributed by atoms with van der Waals surface area (Å²) < 4.78 is 0. The van der Waals surface area contributed by atoms with Crippen molar-refractivity contribution in [1.29, 1.82) is 5.26 Å². The molecule has 0 aliphatic rings. The summed E-state index contributed by atoms with van der Waals surface area (Å²) in [5, 5.41) is 8.57. The van der Waals surface area contributed by atoms with E-state index in [1.54, 1.807) is 18.3 Å². The Morgan fingerprint density at radius 2 is 2.43 bits per heavy atom. The molecule has 4 heteroatoms.